The van der Waals surface area contributed by atoms with Crippen molar-refractivity contribution in [3.8, 4) is 0 Å². The minimum Gasteiger partial charge on any atom is -0.248 e. The molecule has 56 heavy (non-hydrogen) atoms. The first kappa shape index (κ1) is 38.1. The number of allylic oxidation sites excluding steroid dienone is 12. The van der Waals surface area contributed by atoms with E-state index in [1.165, 1.54) is 219 Å². The smallest absolute Gasteiger partial charge is 0.0696 e. The summed E-state index contributed by atoms with van der Waals surface area (Å²) >= 11 is 0. The van der Waals surface area contributed by atoms with Crippen LogP contribution in [-0.4, -0.2) is 22.8 Å². The van der Waals surface area contributed by atoms with Crippen LogP contribution in [0.4, 0.5) is 0 Å². The van der Waals surface area contributed by atoms with Crippen LogP contribution in [0.5, 0.6) is 0 Å². The van der Waals surface area contributed by atoms with Crippen LogP contribution in [0.1, 0.15) is 182 Å². The average molecular weight is 749 g/mol. The third kappa shape index (κ3) is 7.08. The van der Waals surface area contributed by atoms with Crippen molar-refractivity contribution in [2.75, 3.05) is 0 Å². The summed E-state index contributed by atoms with van der Waals surface area (Å²) < 4.78 is 0. The normalized spacial score (nSPS) is 26.1. The Bertz CT molecular complexity index is 1690. The zero-order valence-electron chi connectivity index (χ0n) is 35.4. The minimum absolute atomic E-state index is 0.572. The molecule has 0 saturated heterocycles. The molecule has 0 radical (unpaired) electrons. The first-order valence-electron chi connectivity index (χ1n) is 23.8. The monoisotopic (exact) mass is 749 g/mol. The van der Waals surface area contributed by atoms with E-state index >= 15 is 0 Å². The third-order valence-corrected chi connectivity index (χ3v) is 15.2. The first-order chi connectivity index (χ1) is 27.6. The van der Waals surface area contributed by atoms with E-state index in [0.29, 0.717) is 23.7 Å². The van der Waals surface area contributed by atoms with E-state index < -0.39 is 0 Å². The molecule has 5 heterocycles. The maximum atomic E-state index is 5.70. The summed E-state index contributed by atoms with van der Waals surface area (Å²) in [5, 5.41) is 0. The van der Waals surface area contributed by atoms with E-state index in [0.717, 1.165) is 25.7 Å². The summed E-state index contributed by atoms with van der Waals surface area (Å²) in [7, 11) is 0. The van der Waals surface area contributed by atoms with Crippen LogP contribution in [0.15, 0.2) is 112 Å². The van der Waals surface area contributed by atoms with Gasteiger partial charge in [-0.1, -0.05) is 105 Å². The fraction of sp³-hybridized carbons (Fsp3) is 0.615. The Morgan fingerprint density at radius 3 is 0.696 bits per heavy atom. The highest BCUT2D eigenvalue weighted by atomic mass is 14.9. The highest BCUT2D eigenvalue weighted by Crippen LogP contribution is 2.47. The van der Waals surface area contributed by atoms with Gasteiger partial charge in [-0.3, -0.25) is 0 Å². The van der Waals surface area contributed by atoms with Crippen molar-refractivity contribution in [1.82, 2.24) is 0 Å². The molecule has 0 N–H and O–H groups in total. The molecule has 0 spiro atoms. The first-order valence-corrected chi connectivity index (χ1v) is 23.8. The molecule has 0 atom stereocenters. The van der Waals surface area contributed by atoms with E-state index in [1.54, 1.807) is 0 Å². The fourth-order valence-electron chi connectivity index (χ4n) is 12.5. The second-order valence-corrected chi connectivity index (χ2v) is 18.4. The van der Waals surface area contributed by atoms with Gasteiger partial charge >= 0.3 is 0 Å². The van der Waals surface area contributed by atoms with Gasteiger partial charge in [0.1, 0.15) is 0 Å². The van der Waals surface area contributed by atoms with Gasteiger partial charge in [0.05, 0.1) is 45.6 Å². The maximum absolute atomic E-state index is 5.70. The SMILES string of the molecule is CCC1=C(C2CCCCC2)C2=NC1=CC1=NC(=CC3=NC(=CC4=NC(=C2)C(CC)=C4C2CCCCC2)C(CC)=C3C2CCCCC2)C(CC)=C1C1CCCCC1. The number of hydrogen-bond donors (Lipinski definition) is 0. The Labute approximate surface area is 338 Å². The van der Waals surface area contributed by atoms with Crippen LogP contribution in [0.2, 0.25) is 0 Å². The van der Waals surface area contributed by atoms with E-state index in [2.05, 4.69) is 52.0 Å². The molecule has 4 aliphatic carbocycles. The van der Waals surface area contributed by atoms with Crippen molar-refractivity contribution >= 4 is 22.8 Å². The summed E-state index contributed by atoms with van der Waals surface area (Å²) in [6.45, 7) is 9.47. The number of hydrogen-bond acceptors (Lipinski definition) is 4. The molecule has 4 heteroatoms. The van der Waals surface area contributed by atoms with Crippen LogP contribution in [-0.2, 0) is 0 Å². The van der Waals surface area contributed by atoms with Gasteiger partial charge in [-0.2, -0.15) is 0 Å². The molecule has 4 nitrogen and oxygen atoms in total. The topological polar surface area (TPSA) is 49.4 Å². The number of aliphatic imine (C=N–C) groups is 4. The Balaban J connectivity index is 1.30. The molecule has 0 aromatic rings. The van der Waals surface area contributed by atoms with Crippen LogP contribution in [0.25, 0.3) is 0 Å². The molecule has 0 amide bonds. The van der Waals surface area contributed by atoms with Gasteiger partial charge in [-0.25, -0.2) is 20.0 Å². The molecular formula is C52H68N4. The molecule has 9 aliphatic rings. The van der Waals surface area contributed by atoms with E-state index in [-0.39, 0.29) is 0 Å². The fourth-order valence-corrected chi connectivity index (χ4v) is 12.5. The molecule has 0 aromatic carbocycles. The van der Waals surface area contributed by atoms with Gasteiger partial charge in [0.15, 0.2) is 0 Å². The molecule has 4 fully saturated rings. The van der Waals surface area contributed by atoms with E-state index in [1.807, 2.05) is 0 Å². The van der Waals surface area contributed by atoms with Crippen molar-refractivity contribution in [2.45, 2.75) is 182 Å². The maximum Gasteiger partial charge on any atom is 0.0696 e. The number of fused-ring (bicyclic) bond motifs is 4. The molecule has 296 valence electrons. The zero-order chi connectivity index (χ0) is 38.2. The van der Waals surface area contributed by atoms with Crippen molar-refractivity contribution in [3.63, 3.8) is 0 Å². The highest BCUT2D eigenvalue weighted by molar-refractivity contribution is 6.20. The molecule has 5 aliphatic heterocycles. The largest absolute Gasteiger partial charge is 0.248 e. The van der Waals surface area contributed by atoms with Gasteiger partial charge < -0.3 is 0 Å². The minimum atomic E-state index is 0.572. The summed E-state index contributed by atoms with van der Waals surface area (Å²) in [6, 6.07) is 0. The molecule has 8 bridgehead atoms. The summed E-state index contributed by atoms with van der Waals surface area (Å²) in [5.41, 5.74) is 21.4. The van der Waals surface area contributed by atoms with Gasteiger partial charge in [-0.05, 0) is 170 Å². The standard InChI is InChI=1S/C52H68N4/c1-5-37-41-29-46-50(34-23-15-10-16-24-34)39(7-3)43(54-46)31-48-52(36-27-19-12-20-28-36)40(8-4)44(56-48)32-47-51(35-25-17-11-18-26-35)38(6-2)42(55-47)30-45(53-41)49(37)33-21-13-9-14-22-33/h29-36H,5-28H2,1-4H3. The van der Waals surface area contributed by atoms with Gasteiger partial charge in [0, 0.05) is 0 Å². The average Bonchev–Trinajstić information content (AvgIpc) is 3.98. The highest BCUT2D eigenvalue weighted by Gasteiger charge is 2.37. The van der Waals surface area contributed by atoms with Crippen molar-refractivity contribution in [3.05, 3.63) is 91.7 Å². The van der Waals surface area contributed by atoms with Crippen LogP contribution < -0.4 is 0 Å². The lowest BCUT2D eigenvalue weighted by Crippen LogP contribution is -2.16. The van der Waals surface area contributed by atoms with Crippen LogP contribution in [0, 0.1) is 23.7 Å². The van der Waals surface area contributed by atoms with Gasteiger partial charge in [-0.15, -0.1) is 0 Å². The quantitative estimate of drug-likeness (QED) is 0.237. The Morgan fingerprint density at radius 1 is 0.321 bits per heavy atom. The van der Waals surface area contributed by atoms with Crippen molar-refractivity contribution in [2.24, 2.45) is 43.6 Å². The van der Waals surface area contributed by atoms with Crippen molar-refractivity contribution in [1.29, 1.82) is 0 Å². The van der Waals surface area contributed by atoms with Crippen molar-refractivity contribution < 1.29 is 0 Å². The second kappa shape index (κ2) is 16.8. The summed E-state index contributed by atoms with van der Waals surface area (Å²) in [5.74, 6) is 2.29. The summed E-state index contributed by atoms with van der Waals surface area (Å²) in [4.78, 5) is 22.8. The predicted molar refractivity (Wildman–Crippen MR) is 238 cm³/mol. The van der Waals surface area contributed by atoms with Crippen LogP contribution >= 0.6 is 0 Å². The summed E-state index contributed by atoms with van der Waals surface area (Å²) in [6.07, 6.45) is 40.0. The zero-order valence-corrected chi connectivity index (χ0v) is 35.4. The molecule has 4 saturated carbocycles. The molecular weight excluding hydrogens is 681 g/mol. The lowest BCUT2D eigenvalue weighted by Gasteiger charge is -2.26. The second-order valence-electron chi connectivity index (χ2n) is 18.4. The number of nitrogens with zero attached hydrogens (tertiary/aromatic N) is 4. The lowest BCUT2D eigenvalue weighted by atomic mass is 9.78. The van der Waals surface area contributed by atoms with Gasteiger partial charge in [0.2, 0.25) is 0 Å². The van der Waals surface area contributed by atoms with E-state index in [4.69, 9.17) is 20.0 Å². The van der Waals surface area contributed by atoms with Crippen LogP contribution in [0.3, 0.4) is 0 Å². The Morgan fingerprint density at radius 2 is 0.518 bits per heavy atom. The molecule has 0 aromatic heterocycles. The van der Waals surface area contributed by atoms with E-state index in [9.17, 15) is 0 Å². The predicted octanol–water partition coefficient (Wildman–Crippen LogP) is 14.5. The Kier molecular flexibility index (Phi) is 11.5. The Hall–Kier alpha value is -3.40. The third-order valence-electron chi connectivity index (χ3n) is 15.2. The van der Waals surface area contributed by atoms with Gasteiger partial charge in [0.25, 0.3) is 0 Å². The lowest BCUT2D eigenvalue weighted by molar-refractivity contribution is 0.410. The molecule has 0 unspecified atom stereocenters. The molecule has 9 rings (SSSR count). The number of rotatable bonds is 8.